The van der Waals surface area contributed by atoms with Gasteiger partial charge in [-0.3, -0.25) is 14.8 Å². The molecule has 3 N–H and O–H groups in total. The Morgan fingerprint density at radius 3 is 2.69 bits per heavy atom. The van der Waals surface area contributed by atoms with Gasteiger partial charge >= 0.3 is 12.0 Å². The lowest BCUT2D eigenvalue weighted by atomic mass is 10.0. The average Bonchev–Trinajstić information content (AvgIpc) is 3.37. The van der Waals surface area contributed by atoms with Crippen LogP contribution in [0.2, 0.25) is 0 Å². The monoisotopic (exact) mass is 356 g/mol. The molecule has 0 spiro atoms. The summed E-state index contributed by atoms with van der Waals surface area (Å²) in [5.41, 5.74) is 2.18. The Balaban J connectivity index is 1.60. The van der Waals surface area contributed by atoms with Crippen molar-refractivity contribution in [2.75, 3.05) is 5.32 Å². The third-order valence-corrected chi connectivity index (χ3v) is 4.52. The number of aromatic nitrogens is 2. The number of nitrogens with zero attached hydrogens (tertiary/aromatic N) is 2. The Bertz CT molecular complexity index is 768. The van der Waals surface area contributed by atoms with Gasteiger partial charge in [-0.1, -0.05) is 30.3 Å². The molecular formula is C19H24N4O3. The van der Waals surface area contributed by atoms with Crippen molar-refractivity contribution in [3.05, 3.63) is 47.7 Å². The maximum atomic E-state index is 12.3. The molecule has 7 nitrogen and oxygen atoms in total. The number of carbonyl (C=O) groups excluding carboxylic acids is 1. The quantitative estimate of drug-likeness (QED) is 0.677. The van der Waals surface area contributed by atoms with Crippen LogP contribution >= 0.6 is 0 Å². The van der Waals surface area contributed by atoms with Crippen molar-refractivity contribution < 1.29 is 14.7 Å². The highest BCUT2D eigenvalue weighted by molar-refractivity contribution is 5.88. The van der Waals surface area contributed by atoms with Crippen molar-refractivity contribution in [3.8, 4) is 0 Å². The molecular weight excluding hydrogens is 332 g/mol. The van der Waals surface area contributed by atoms with Gasteiger partial charge in [0, 0.05) is 37.2 Å². The molecule has 2 amide bonds. The van der Waals surface area contributed by atoms with Crippen molar-refractivity contribution in [2.45, 2.75) is 44.1 Å². The first kappa shape index (κ1) is 18.0. The lowest BCUT2D eigenvalue weighted by Gasteiger charge is -2.18. The van der Waals surface area contributed by atoms with Crippen LogP contribution in [0.25, 0.3) is 0 Å². The van der Waals surface area contributed by atoms with Crippen LogP contribution in [0.15, 0.2) is 36.4 Å². The van der Waals surface area contributed by atoms with Gasteiger partial charge in [-0.15, -0.1) is 0 Å². The summed E-state index contributed by atoms with van der Waals surface area (Å²) in [6, 6.07) is 11.0. The molecule has 0 bridgehead atoms. The van der Waals surface area contributed by atoms with E-state index in [0.717, 1.165) is 11.3 Å². The van der Waals surface area contributed by atoms with Crippen LogP contribution in [0.3, 0.4) is 0 Å². The second-order valence-corrected chi connectivity index (χ2v) is 6.77. The largest absolute Gasteiger partial charge is 0.481 e. The van der Waals surface area contributed by atoms with Gasteiger partial charge in [-0.05, 0) is 31.2 Å². The SMILES string of the molecule is Cn1nc(NC(=O)NC(CCC(=O)O)Cc2ccccc2)cc1C1CC1. The number of aryl methyl sites for hydroxylation is 1. The number of carbonyl (C=O) groups is 2. The molecule has 138 valence electrons. The van der Waals surface area contributed by atoms with E-state index in [9.17, 15) is 9.59 Å². The molecule has 1 aliphatic rings. The van der Waals surface area contributed by atoms with Crippen LogP contribution in [0, 0.1) is 0 Å². The molecule has 1 unspecified atom stereocenters. The van der Waals surface area contributed by atoms with E-state index in [4.69, 9.17) is 5.11 Å². The fourth-order valence-corrected chi connectivity index (χ4v) is 3.06. The lowest BCUT2D eigenvalue weighted by Crippen LogP contribution is -2.39. The van der Waals surface area contributed by atoms with E-state index in [1.807, 2.05) is 43.4 Å². The summed E-state index contributed by atoms with van der Waals surface area (Å²) in [5.74, 6) is 0.195. The van der Waals surface area contributed by atoms with Gasteiger partial charge in [0.25, 0.3) is 0 Å². The highest BCUT2D eigenvalue weighted by atomic mass is 16.4. The fraction of sp³-hybridized carbons (Fsp3) is 0.421. The normalized spacial score (nSPS) is 14.7. The fourth-order valence-electron chi connectivity index (χ4n) is 3.06. The van der Waals surface area contributed by atoms with Crippen molar-refractivity contribution in [2.24, 2.45) is 7.05 Å². The van der Waals surface area contributed by atoms with E-state index in [1.165, 1.54) is 12.8 Å². The number of benzene rings is 1. The maximum absolute atomic E-state index is 12.3. The average molecular weight is 356 g/mol. The van der Waals surface area contributed by atoms with Gasteiger partial charge in [0.05, 0.1) is 0 Å². The molecule has 3 rings (SSSR count). The van der Waals surface area contributed by atoms with Gasteiger partial charge in [-0.25, -0.2) is 4.79 Å². The number of carboxylic acid groups (broad SMARTS) is 1. The number of urea groups is 1. The number of rotatable bonds is 8. The summed E-state index contributed by atoms with van der Waals surface area (Å²) in [5, 5.41) is 18.9. The number of hydrogen-bond acceptors (Lipinski definition) is 3. The van der Waals surface area contributed by atoms with Gasteiger partial charge < -0.3 is 10.4 Å². The summed E-state index contributed by atoms with van der Waals surface area (Å²) in [6.07, 6.45) is 3.29. The number of hydrogen-bond donors (Lipinski definition) is 3. The van der Waals surface area contributed by atoms with Crippen LogP contribution < -0.4 is 10.6 Å². The minimum Gasteiger partial charge on any atom is -0.481 e. The molecule has 0 radical (unpaired) electrons. The van der Waals surface area contributed by atoms with Crippen LogP contribution in [-0.2, 0) is 18.3 Å². The summed E-state index contributed by atoms with van der Waals surface area (Å²) in [7, 11) is 1.88. The Hall–Kier alpha value is -2.83. The molecule has 26 heavy (non-hydrogen) atoms. The smallest absolute Gasteiger partial charge is 0.320 e. The van der Waals surface area contributed by atoms with Gasteiger partial charge in [0.15, 0.2) is 5.82 Å². The molecule has 1 atom stereocenters. The Morgan fingerprint density at radius 1 is 1.31 bits per heavy atom. The Morgan fingerprint density at radius 2 is 2.04 bits per heavy atom. The topological polar surface area (TPSA) is 96.3 Å². The van der Waals surface area contributed by atoms with Crippen LogP contribution in [0.5, 0.6) is 0 Å². The van der Waals surface area contributed by atoms with E-state index in [0.29, 0.717) is 24.6 Å². The van der Waals surface area contributed by atoms with Gasteiger partial charge in [-0.2, -0.15) is 5.10 Å². The third-order valence-electron chi connectivity index (χ3n) is 4.52. The molecule has 1 aromatic heterocycles. The molecule has 1 aliphatic carbocycles. The molecule has 1 saturated carbocycles. The number of aliphatic carboxylic acids is 1. The van der Waals surface area contributed by atoms with Crippen LogP contribution in [-0.4, -0.2) is 32.9 Å². The number of anilines is 1. The van der Waals surface area contributed by atoms with E-state index < -0.39 is 5.97 Å². The second-order valence-electron chi connectivity index (χ2n) is 6.77. The zero-order valence-corrected chi connectivity index (χ0v) is 14.8. The first-order valence-corrected chi connectivity index (χ1v) is 8.88. The zero-order valence-electron chi connectivity index (χ0n) is 14.8. The van der Waals surface area contributed by atoms with Gasteiger partial charge in [0.2, 0.25) is 0 Å². The van der Waals surface area contributed by atoms with E-state index in [-0.39, 0.29) is 18.5 Å². The molecule has 7 heteroatoms. The Kier molecular flexibility index (Phi) is 5.55. The minimum absolute atomic E-state index is 0.00714. The van der Waals surface area contributed by atoms with E-state index in [1.54, 1.807) is 4.68 Å². The van der Waals surface area contributed by atoms with Gasteiger partial charge in [0.1, 0.15) is 0 Å². The number of nitrogens with one attached hydrogen (secondary N) is 2. The first-order valence-electron chi connectivity index (χ1n) is 8.88. The molecule has 1 fully saturated rings. The van der Waals surface area contributed by atoms with Crippen molar-refractivity contribution in [3.63, 3.8) is 0 Å². The summed E-state index contributed by atoms with van der Waals surface area (Å²) in [6.45, 7) is 0. The third kappa shape index (κ3) is 5.08. The number of amides is 2. The maximum Gasteiger partial charge on any atom is 0.320 e. The van der Waals surface area contributed by atoms with Crippen molar-refractivity contribution >= 4 is 17.8 Å². The molecule has 0 aliphatic heterocycles. The molecule has 1 heterocycles. The van der Waals surface area contributed by atoms with Crippen LogP contribution in [0.1, 0.15) is 42.9 Å². The second kappa shape index (κ2) is 8.03. The summed E-state index contributed by atoms with van der Waals surface area (Å²) >= 11 is 0. The highest BCUT2D eigenvalue weighted by Crippen LogP contribution is 2.40. The number of carboxylic acids is 1. The first-order chi connectivity index (χ1) is 12.5. The van der Waals surface area contributed by atoms with Crippen LogP contribution in [0.4, 0.5) is 10.6 Å². The molecule has 2 aromatic rings. The molecule has 1 aromatic carbocycles. The lowest BCUT2D eigenvalue weighted by molar-refractivity contribution is -0.137. The van der Waals surface area contributed by atoms with Crippen molar-refractivity contribution in [1.29, 1.82) is 0 Å². The predicted octanol–water partition coefficient (Wildman–Crippen LogP) is 2.90. The summed E-state index contributed by atoms with van der Waals surface area (Å²) < 4.78 is 1.80. The summed E-state index contributed by atoms with van der Waals surface area (Å²) in [4.78, 5) is 23.2. The Labute approximate surface area is 152 Å². The highest BCUT2D eigenvalue weighted by Gasteiger charge is 2.27. The predicted molar refractivity (Wildman–Crippen MR) is 98.1 cm³/mol. The van der Waals surface area contributed by atoms with E-state index >= 15 is 0 Å². The zero-order chi connectivity index (χ0) is 18.5. The molecule has 0 saturated heterocycles. The van der Waals surface area contributed by atoms with E-state index in [2.05, 4.69) is 15.7 Å². The standard InChI is InChI=1S/C19H24N4O3/c1-23-16(14-7-8-14)12-17(22-23)21-19(26)20-15(9-10-18(24)25)11-13-5-3-2-4-6-13/h2-6,12,14-15H,7-11H2,1H3,(H,24,25)(H2,20,21,22,26). The minimum atomic E-state index is -0.871. The van der Waals surface area contributed by atoms with Crippen molar-refractivity contribution in [1.82, 2.24) is 15.1 Å².